The van der Waals surface area contributed by atoms with Crippen LogP contribution in [0.3, 0.4) is 0 Å². The lowest BCUT2D eigenvalue weighted by atomic mass is 10.1. The first-order valence-corrected chi connectivity index (χ1v) is 3.44. The molecule has 2 nitrogen and oxygen atoms in total. The van der Waals surface area contributed by atoms with E-state index in [1.807, 2.05) is 0 Å². The molecule has 0 radical (unpaired) electrons. The molecule has 0 aromatic heterocycles. The van der Waals surface area contributed by atoms with E-state index in [9.17, 15) is 0 Å². The number of ether oxygens (including phenoxy) is 2. The fourth-order valence-corrected chi connectivity index (χ4v) is 1.29. The molecule has 9 heavy (non-hydrogen) atoms. The van der Waals surface area contributed by atoms with Gasteiger partial charge in [0, 0.05) is 12.0 Å². The first-order valence-electron chi connectivity index (χ1n) is 3.44. The summed E-state index contributed by atoms with van der Waals surface area (Å²) >= 11 is 0. The van der Waals surface area contributed by atoms with Gasteiger partial charge in [0.2, 0.25) is 0 Å². The topological polar surface area (TPSA) is 18.5 Å². The summed E-state index contributed by atoms with van der Waals surface area (Å²) in [6.45, 7) is 1.68. The van der Waals surface area contributed by atoms with Crippen molar-refractivity contribution in [2.45, 2.75) is 19.3 Å². The van der Waals surface area contributed by atoms with E-state index >= 15 is 0 Å². The van der Waals surface area contributed by atoms with Crippen molar-refractivity contribution in [2.75, 3.05) is 13.2 Å². The highest BCUT2D eigenvalue weighted by Crippen LogP contribution is 2.27. The van der Waals surface area contributed by atoms with Gasteiger partial charge < -0.3 is 9.47 Å². The van der Waals surface area contributed by atoms with Gasteiger partial charge in [-0.1, -0.05) is 0 Å². The maximum Gasteiger partial charge on any atom is 0.278 e. The van der Waals surface area contributed by atoms with Gasteiger partial charge in [0.05, 0.1) is 13.2 Å². The van der Waals surface area contributed by atoms with Crippen molar-refractivity contribution < 1.29 is 9.47 Å². The van der Waals surface area contributed by atoms with Crippen LogP contribution in [0.4, 0.5) is 0 Å². The molecule has 0 aromatic rings. The normalized spacial score (nSPS) is 24.9. The van der Waals surface area contributed by atoms with Crippen LogP contribution in [0.5, 0.6) is 0 Å². The Hall–Kier alpha value is -0.660. The van der Waals surface area contributed by atoms with Crippen LogP contribution in [-0.2, 0) is 9.47 Å². The van der Waals surface area contributed by atoms with Gasteiger partial charge in [-0.15, -0.1) is 0 Å². The van der Waals surface area contributed by atoms with Gasteiger partial charge in [0.1, 0.15) is 0 Å². The van der Waals surface area contributed by atoms with E-state index in [-0.39, 0.29) is 0 Å². The highest BCUT2D eigenvalue weighted by atomic mass is 16.7. The fraction of sp³-hybridized carbons (Fsp3) is 0.714. The van der Waals surface area contributed by atoms with Gasteiger partial charge in [-0.25, -0.2) is 0 Å². The minimum atomic E-state index is 0.834. The summed E-state index contributed by atoms with van der Waals surface area (Å²) in [5, 5.41) is 0. The monoisotopic (exact) mass is 126 g/mol. The van der Waals surface area contributed by atoms with Crippen LogP contribution < -0.4 is 0 Å². The van der Waals surface area contributed by atoms with Gasteiger partial charge in [-0.2, -0.15) is 0 Å². The predicted molar refractivity (Wildman–Crippen MR) is 32.8 cm³/mol. The van der Waals surface area contributed by atoms with Gasteiger partial charge in [0.25, 0.3) is 5.95 Å². The Balaban J connectivity index is 2.17. The summed E-state index contributed by atoms with van der Waals surface area (Å²) < 4.78 is 10.5. The molecule has 0 saturated heterocycles. The lowest BCUT2D eigenvalue weighted by Crippen LogP contribution is -2.02. The van der Waals surface area contributed by atoms with E-state index < -0.39 is 0 Å². The number of hydrogen-bond acceptors (Lipinski definition) is 2. The molecule has 50 valence electrons. The van der Waals surface area contributed by atoms with Gasteiger partial charge in [0.15, 0.2) is 0 Å². The Morgan fingerprint density at radius 1 is 1.00 bits per heavy atom. The number of rotatable bonds is 0. The Kier molecular flexibility index (Phi) is 1.11. The summed E-state index contributed by atoms with van der Waals surface area (Å²) in [5.41, 5.74) is 1.39. The van der Waals surface area contributed by atoms with E-state index in [1.54, 1.807) is 0 Å². The summed E-state index contributed by atoms with van der Waals surface area (Å²) in [6, 6.07) is 0. The third-order valence-corrected chi connectivity index (χ3v) is 1.78. The lowest BCUT2D eigenvalue weighted by Gasteiger charge is -2.12. The molecule has 0 atom stereocenters. The average Bonchev–Trinajstić information content (AvgIpc) is 2.33. The molecule has 2 rings (SSSR count). The zero-order valence-electron chi connectivity index (χ0n) is 5.35. The summed E-state index contributed by atoms with van der Waals surface area (Å²) in [7, 11) is 0. The molecule has 0 fully saturated rings. The Morgan fingerprint density at radius 2 is 1.89 bits per heavy atom. The summed E-state index contributed by atoms with van der Waals surface area (Å²) in [6.07, 6.45) is 3.45. The van der Waals surface area contributed by atoms with E-state index in [2.05, 4.69) is 0 Å². The fourth-order valence-electron chi connectivity index (χ4n) is 1.29. The van der Waals surface area contributed by atoms with E-state index in [1.165, 1.54) is 18.4 Å². The highest BCUT2D eigenvalue weighted by molar-refractivity contribution is 5.09. The molecular weight excluding hydrogens is 116 g/mol. The second kappa shape index (κ2) is 1.94. The highest BCUT2D eigenvalue weighted by Gasteiger charge is 2.20. The molecule has 0 spiro atoms. The van der Waals surface area contributed by atoms with E-state index in [0.717, 1.165) is 25.6 Å². The van der Waals surface area contributed by atoms with Gasteiger partial charge in [-0.05, 0) is 12.8 Å². The zero-order chi connectivity index (χ0) is 6.10. The van der Waals surface area contributed by atoms with Crippen molar-refractivity contribution in [1.82, 2.24) is 0 Å². The second-order valence-corrected chi connectivity index (χ2v) is 2.44. The van der Waals surface area contributed by atoms with Gasteiger partial charge in [-0.3, -0.25) is 0 Å². The van der Waals surface area contributed by atoms with Crippen LogP contribution in [0.1, 0.15) is 19.3 Å². The van der Waals surface area contributed by atoms with Crippen molar-refractivity contribution >= 4 is 0 Å². The van der Waals surface area contributed by atoms with Gasteiger partial charge >= 0.3 is 0 Å². The van der Waals surface area contributed by atoms with Crippen molar-refractivity contribution in [1.29, 1.82) is 0 Å². The maximum absolute atomic E-state index is 5.26. The zero-order valence-corrected chi connectivity index (χ0v) is 5.35. The van der Waals surface area contributed by atoms with Crippen molar-refractivity contribution in [2.24, 2.45) is 0 Å². The largest absolute Gasteiger partial charge is 0.465 e. The lowest BCUT2D eigenvalue weighted by molar-refractivity contribution is 0.0444. The van der Waals surface area contributed by atoms with Crippen molar-refractivity contribution in [3.8, 4) is 0 Å². The minimum Gasteiger partial charge on any atom is -0.465 e. The molecule has 2 aliphatic heterocycles. The van der Waals surface area contributed by atoms with E-state index in [0.29, 0.717) is 0 Å². The Labute approximate surface area is 54.5 Å². The molecule has 0 N–H and O–H groups in total. The van der Waals surface area contributed by atoms with Crippen LogP contribution in [0.2, 0.25) is 0 Å². The standard InChI is InChI=1S/C7H10O2/c1-2-6-3-5-9-7(6)8-4-1/h1-5H2. The SMILES string of the molecule is C1COC2=C(C1)CCO2. The number of hydrogen-bond donors (Lipinski definition) is 0. The van der Waals surface area contributed by atoms with Crippen LogP contribution in [0, 0.1) is 0 Å². The third-order valence-electron chi connectivity index (χ3n) is 1.78. The molecule has 2 heterocycles. The van der Waals surface area contributed by atoms with Crippen LogP contribution in [0.15, 0.2) is 11.5 Å². The summed E-state index contributed by atoms with van der Waals surface area (Å²) in [5.74, 6) is 0.834. The summed E-state index contributed by atoms with van der Waals surface area (Å²) in [4.78, 5) is 0. The van der Waals surface area contributed by atoms with Crippen LogP contribution in [0.25, 0.3) is 0 Å². The minimum absolute atomic E-state index is 0.834. The Morgan fingerprint density at radius 3 is 2.78 bits per heavy atom. The van der Waals surface area contributed by atoms with Crippen LogP contribution >= 0.6 is 0 Å². The van der Waals surface area contributed by atoms with E-state index in [4.69, 9.17) is 9.47 Å². The molecule has 0 amide bonds. The molecule has 0 aliphatic carbocycles. The second-order valence-electron chi connectivity index (χ2n) is 2.44. The molecule has 0 saturated carbocycles. The maximum atomic E-state index is 5.26. The van der Waals surface area contributed by atoms with Crippen molar-refractivity contribution in [3.05, 3.63) is 11.5 Å². The quantitative estimate of drug-likeness (QED) is 0.488. The third kappa shape index (κ3) is 0.784. The molecule has 0 aromatic carbocycles. The molecule has 2 aliphatic rings. The first-order chi connectivity index (χ1) is 4.47. The van der Waals surface area contributed by atoms with Crippen molar-refractivity contribution in [3.63, 3.8) is 0 Å². The average molecular weight is 126 g/mol. The smallest absolute Gasteiger partial charge is 0.278 e. The molecule has 0 bridgehead atoms. The predicted octanol–water partition coefficient (Wildman–Crippen LogP) is 1.43. The molecule has 0 unspecified atom stereocenters. The molecule has 2 heteroatoms. The molecular formula is C7H10O2. The Bertz CT molecular complexity index is 133. The van der Waals surface area contributed by atoms with Crippen LogP contribution in [-0.4, -0.2) is 13.2 Å². The first kappa shape index (κ1) is 5.15.